The molecule has 1 saturated carbocycles. The molecule has 3 rings (SSSR count). The molecule has 2 aromatic rings. The van der Waals surface area contributed by atoms with E-state index in [9.17, 15) is 4.79 Å². The predicted molar refractivity (Wildman–Crippen MR) is 82.0 cm³/mol. The maximum atomic E-state index is 12.0. The first-order valence-electron chi connectivity index (χ1n) is 7.11. The molecule has 2 aromatic carbocycles. The fourth-order valence-electron chi connectivity index (χ4n) is 2.44. The van der Waals surface area contributed by atoms with E-state index in [1.807, 2.05) is 55.5 Å². The maximum absolute atomic E-state index is 12.0. The lowest BCUT2D eigenvalue weighted by molar-refractivity contribution is -0.145. The van der Waals surface area contributed by atoms with Gasteiger partial charge in [-0.3, -0.25) is 0 Å². The van der Waals surface area contributed by atoms with Crippen LogP contribution in [0.5, 0.6) is 0 Å². The Balaban J connectivity index is 1.59. The summed E-state index contributed by atoms with van der Waals surface area (Å²) in [7, 11) is 0. The molecule has 0 unspecified atom stereocenters. The molecule has 1 aliphatic rings. The molecule has 0 N–H and O–H groups in total. The second-order valence-corrected chi connectivity index (χ2v) is 5.31. The summed E-state index contributed by atoms with van der Waals surface area (Å²) in [6.07, 6.45) is 0.850. The molecule has 0 radical (unpaired) electrons. The monoisotopic (exact) mass is 279 g/mol. The molecule has 0 amide bonds. The lowest BCUT2D eigenvalue weighted by atomic mass is 10.1. The third-order valence-electron chi connectivity index (χ3n) is 3.79. The van der Waals surface area contributed by atoms with E-state index in [-0.39, 0.29) is 17.8 Å². The van der Waals surface area contributed by atoms with Crippen LogP contribution in [0.25, 0.3) is 0 Å². The quantitative estimate of drug-likeness (QED) is 0.485. The van der Waals surface area contributed by atoms with Gasteiger partial charge in [-0.2, -0.15) is 0 Å². The van der Waals surface area contributed by atoms with E-state index in [4.69, 9.17) is 4.84 Å². The Morgan fingerprint density at radius 3 is 2.33 bits per heavy atom. The predicted octanol–water partition coefficient (Wildman–Crippen LogP) is 3.76. The van der Waals surface area contributed by atoms with Crippen molar-refractivity contribution >= 4 is 11.7 Å². The highest BCUT2D eigenvalue weighted by atomic mass is 16.7. The van der Waals surface area contributed by atoms with Crippen LogP contribution in [-0.4, -0.2) is 11.7 Å². The Hall–Kier alpha value is -2.42. The fraction of sp³-hybridized carbons (Fsp3) is 0.222. The van der Waals surface area contributed by atoms with Crippen molar-refractivity contribution in [2.24, 2.45) is 11.1 Å². The Morgan fingerprint density at radius 1 is 1.05 bits per heavy atom. The number of carbonyl (C=O) groups excluding carboxylic acids is 1. The van der Waals surface area contributed by atoms with Gasteiger partial charge in [0.15, 0.2) is 0 Å². The molecular weight excluding hydrogens is 262 g/mol. The van der Waals surface area contributed by atoms with Crippen molar-refractivity contribution in [2.45, 2.75) is 19.3 Å². The largest absolute Gasteiger partial charge is 0.338 e. The average molecular weight is 279 g/mol. The first-order valence-corrected chi connectivity index (χ1v) is 7.11. The number of nitrogens with zero attached hydrogens (tertiary/aromatic N) is 1. The lowest BCUT2D eigenvalue weighted by Gasteiger charge is -2.01. The normalized spacial score (nSPS) is 20.9. The van der Waals surface area contributed by atoms with Crippen LogP contribution in [0.3, 0.4) is 0 Å². The smallest absolute Gasteiger partial charge is 0.318 e. The van der Waals surface area contributed by atoms with Gasteiger partial charge >= 0.3 is 5.97 Å². The molecule has 0 bridgehead atoms. The van der Waals surface area contributed by atoms with Gasteiger partial charge in [0.05, 0.1) is 11.6 Å². The maximum Gasteiger partial charge on any atom is 0.338 e. The van der Waals surface area contributed by atoms with Crippen LogP contribution in [0.2, 0.25) is 0 Å². The van der Waals surface area contributed by atoms with Crippen molar-refractivity contribution in [3.8, 4) is 0 Å². The van der Waals surface area contributed by atoms with E-state index in [1.165, 1.54) is 5.56 Å². The summed E-state index contributed by atoms with van der Waals surface area (Å²) in [6, 6.07) is 19.8. The number of carbonyl (C=O) groups is 1. The van der Waals surface area contributed by atoms with Gasteiger partial charge in [0.25, 0.3) is 0 Å². The summed E-state index contributed by atoms with van der Waals surface area (Å²) in [5.74, 6) is -0.00945. The summed E-state index contributed by atoms with van der Waals surface area (Å²) in [4.78, 5) is 17.1. The fourth-order valence-corrected chi connectivity index (χ4v) is 2.44. The van der Waals surface area contributed by atoms with Gasteiger partial charge < -0.3 is 4.84 Å². The first-order chi connectivity index (χ1) is 10.3. The number of rotatable bonds is 4. The lowest BCUT2D eigenvalue weighted by Crippen LogP contribution is -2.06. The molecule has 106 valence electrons. The SMILES string of the molecule is C/C(=N/OC(=O)[C@H]1C[C@@H]1c1ccccc1)c1ccccc1. The van der Waals surface area contributed by atoms with Gasteiger partial charge in [0, 0.05) is 0 Å². The molecule has 1 aliphatic carbocycles. The number of hydrogen-bond donors (Lipinski definition) is 0. The van der Waals surface area contributed by atoms with Gasteiger partial charge in [-0.25, -0.2) is 4.79 Å². The van der Waals surface area contributed by atoms with E-state index in [1.54, 1.807) is 0 Å². The standard InChI is InChI=1S/C18H17NO2/c1-13(14-8-4-2-5-9-14)19-21-18(20)17-12-16(17)15-10-6-3-7-11-15/h2-11,16-17H,12H2,1H3/b19-13-/t16-,17+/m1/s1. The third-order valence-corrected chi connectivity index (χ3v) is 3.79. The van der Waals surface area contributed by atoms with E-state index in [0.29, 0.717) is 5.71 Å². The molecule has 3 nitrogen and oxygen atoms in total. The van der Waals surface area contributed by atoms with Gasteiger partial charge in [-0.05, 0) is 30.4 Å². The Morgan fingerprint density at radius 2 is 1.67 bits per heavy atom. The highest BCUT2D eigenvalue weighted by molar-refractivity contribution is 5.98. The van der Waals surface area contributed by atoms with Gasteiger partial charge in [0.1, 0.15) is 0 Å². The Kier molecular flexibility index (Phi) is 3.82. The Labute approximate surface area is 124 Å². The van der Waals surface area contributed by atoms with Gasteiger partial charge in [-0.15, -0.1) is 0 Å². The Bertz CT molecular complexity index is 649. The third kappa shape index (κ3) is 3.19. The van der Waals surface area contributed by atoms with Crippen molar-refractivity contribution < 1.29 is 9.63 Å². The van der Waals surface area contributed by atoms with Crippen LogP contribution in [0.1, 0.15) is 30.4 Å². The zero-order valence-electron chi connectivity index (χ0n) is 11.9. The van der Waals surface area contributed by atoms with Crippen LogP contribution < -0.4 is 0 Å². The van der Waals surface area contributed by atoms with Crippen LogP contribution in [0.15, 0.2) is 65.8 Å². The van der Waals surface area contributed by atoms with Crippen LogP contribution in [-0.2, 0) is 9.63 Å². The highest BCUT2D eigenvalue weighted by Gasteiger charge is 2.45. The first kappa shape index (κ1) is 13.6. The molecule has 2 atom stereocenters. The van der Waals surface area contributed by atoms with Crippen molar-refractivity contribution in [1.29, 1.82) is 0 Å². The molecule has 0 aromatic heterocycles. The summed E-state index contributed by atoms with van der Waals surface area (Å²) in [6.45, 7) is 1.84. The average Bonchev–Trinajstić information content (AvgIpc) is 3.35. The summed E-state index contributed by atoms with van der Waals surface area (Å²) >= 11 is 0. The molecule has 3 heteroatoms. The van der Waals surface area contributed by atoms with Gasteiger partial charge in [-0.1, -0.05) is 65.8 Å². The molecule has 1 fully saturated rings. The molecule has 0 aliphatic heterocycles. The second kappa shape index (κ2) is 5.92. The van der Waals surface area contributed by atoms with E-state index >= 15 is 0 Å². The van der Waals surface area contributed by atoms with Crippen LogP contribution in [0.4, 0.5) is 0 Å². The van der Waals surface area contributed by atoms with Gasteiger partial charge in [0.2, 0.25) is 0 Å². The zero-order chi connectivity index (χ0) is 14.7. The summed E-state index contributed by atoms with van der Waals surface area (Å²) < 4.78 is 0. The molecule has 0 saturated heterocycles. The minimum absolute atomic E-state index is 0.0558. The number of benzene rings is 2. The highest BCUT2D eigenvalue weighted by Crippen LogP contribution is 2.48. The van der Waals surface area contributed by atoms with Crippen molar-refractivity contribution in [2.75, 3.05) is 0 Å². The molecular formula is C18H17NO2. The zero-order valence-corrected chi connectivity index (χ0v) is 11.9. The van der Waals surface area contributed by atoms with Crippen LogP contribution in [0, 0.1) is 5.92 Å². The molecule has 0 spiro atoms. The summed E-state index contributed by atoms with van der Waals surface area (Å²) in [5.41, 5.74) is 2.87. The van der Waals surface area contributed by atoms with E-state index < -0.39 is 0 Å². The number of hydrogen-bond acceptors (Lipinski definition) is 3. The summed E-state index contributed by atoms with van der Waals surface area (Å²) in [5, 5.41) is 3.95. The van der Waals surface area contributed by atoms with E-state index in [0.717, 1.165) is 12.0 Å². The molecule has 0 heterocycles. The minimum atomic E-state index is -0.237. The topological polar surface area (TPSA) is 38.7 Å². The van der Waals surface area contributed by atoms with Crippen LogP contribution >= 0.6 is 0 Å². The molecule has 21 heavy (non-hydrogen) atoms. The van der Waals surface area contributed by atoms with Crippen molar-refractivity contribution in [3.05, 3.63) is 71.8 Å². The van der Waals surface area contributed by atoms with Crippen molar-refractivity contribution in [3.63, 3.8) is 0 Å². The van der Waals surface area contributed by atoms with E-state index in [2.05, 4.69) is 17.3 Å². The van der Waals surface area contributed by atoms with Crippen molar-refractivity contribution in [1.82, 2.24) is 0 Å². The number of oxime groups is 1. The minimum Gasteiger partial charge on any atom is -0.318 e. The second-order valence-electron chi connectivity index (χ2n) is 5.31.